The third-order valence-electron chi connectivity index (χ3n) is 3.38. The SMILES string of the molecule is CCNCCC=C(C)Cc1nc2ccccc2n1C. The molecule has 19 heavy (non-hydrogen) atoms. The number of aromatic nitrogens is 2. The number of hydrogen-bond donors (Lipinski definition) is 1. The fourth-order valence-corrected chi connectivity index (χ4v) is 2.27. The quantitative estimate of drug-likeness (QED) is 0.636. The van der Waals surface area contributed by atoms with E-state index in [1.165, 1.54) is 11.1 Å². The molecule has 102 valence electrons. The number of nitrogens with one attached hydrogen (secondary N) is 1. The van der Waals surface area contributed by atoms with Gasteiger partial charge in [-0.3, -0.25) is 0 Å². The summed E-state index contributed by atoms with van der Waals surface area (Å²) in [4.78, 5) is 4.70. The molecule has 0 saturated heterocycles. The van der Waals surface area contributed by atoms with E-state index < -0.39 is 0 Å². The highest BCUT2D eigenvalue weighted by Gasteiger charge is 2.06. The maximum absolute atomic E-state index is 4.70. The lowest BCUT2D eigenvalue weighted by molar-refractivity contribution is 0.723. The van der Waals surface area contributed by atoms with Gasteiger partial charge in [-0.1, -0.05) is 30.7 Å². The van der Waals surface area contributed by atoms with Gasteiger partial charge in [0.15, 0.2) is 0 Å². The van der Waals surface area contributed by atoms with Crippen molar-refractivity contribution < 1.29 is 0 Å². The molecular formula is C16H23N3. The van der Waals surface area contributed by atoms with Gasteiger partial charge in [-0.15, -0.1) is 0 Å². The second kappa shape index (κ2) is 6.53. The molecule has 1 heterocycles. The third-order valence-corrected chi connectivity index (χ3v) is 3.38. The first kappa shape index (κ1) is 13.8. The minimum absolute atomic E-state index is 0.928. The standard InChI is InChI=1S/C16H23N3/c1-4-17-11-7-8-13(2)12-16-18-14-9-5-6-10-15(14)19(16)3/h5-6,8-10,17H,4,7,11-12H2,1-3H3. The molecule has 0 amide bonds. The zero-order valence-corrected chi connectivity index (χ0v) is 12.1. The third kappa shape index (κ3) is 3.44. The van der Waals surface area contributed by atoms with Crippen LogP contribution in [0, 0.1) is 0 Å². The summed E-state index contributed by atoms with van der Waals surface area (Å²) in [7, 11) is 2.09. The Balaban J connectivity index is 2.06. The Bertz CT molecular complexity index is 566. The normalized spacial score (nSPS) is 12.3. The Morgan fingerprint density at radius 2 is 2.16 bits per heavy atom. The Labute approximate surface area is 115 Å². The molecule has 1 N–H and O–H groups in total. The smallest absolute Gasteiger partial charge is 0.113 e. The molecule has 0 spiro atoms. The summed E-state index contributed by atoms with van der Waals surface area (Å²) >= 11 is 0. The fourth-order valence-electron chi connectivity index (χ4n) is 2.27. The van der Waals surface area contributed by atoms with Crippen LogP contribution in [0.15, 0.2) is 35.9 Å². The lowest BCUT2D eigenvalue weighted by atomic mass is 10.1. The number of hydrogen-bond acceptors (Lipinski definition) is 2. The lowest BCUT2D eigenvalue weighted by Gasteiger charge is -2.03. The van der Waals surface area contributed by atoms with E-state index >= 15 is 0 Å². The largest absolute Gasteiger partial charge is 0.331 e. The molecule has 0 bridgehead atoms. The van der Waals surface area contributed by atoms with Crippen molar-refractivity contribution in [3.05, 3.63) is 41.7 Å². The van der Waals surface area contributed by atoms with Crippen molar-refractivity contribution in [3.8, 4) is 0 Å². The maximum Gasteiger partial charge on any atom is 0.113 e. The Morgan fingerprint density at radius 3 is 2.89 bits per heavy atom. The van der Waals surface area contributed by atoms with Crippen LogP contribution in [0.1, 0.15) is 26.1 Å². The predicted octanol–water partition coefficient (Wildman–Crippen LogP) is 3.06. The Hall–Kier alpha value is -1.61. The molecular weight excluding hydrogens is 234 g/mol. The van der Waals surface area contributed by atoms with Crippen LogP contribution in [0.5, 0.6) is 0 Å². The van der Waals surface area contributed by atoms with E-state index in [0.29, 0.717) is 0 Å². The number of imidazole rings is 1. The van der Waals surface area contributed by atoms with Crippen molar-refractivity contribution in [3.63, 3.8) is 0 Å². The number of fused-ring (bicyclic) bond motifs is 1. The van der Waals surface area contributed by atoms with E-state index in [0.717, 1.165) is 37.3 Å². The summed E-state index contributed by atoms with van der Waals surface area (Å²) in [5.74, 6) is 1.14. The van der Waals surface area contributed by atoms with Crippen LogP contribution in [0.2, 0.25) is 0 Å². The Morgan fingerprint density at radius 1 is 1.37 bits per heavy atom. The number of rotatable bonds is 6. The molecule has 0 atom stereocenters. The first-order valence-electron chi connectivity index (χ1n) is 6.99. The maximum atomic E-state index is 4.70. The molecule has 0 aliphatic carbocycles. The van der Waals surface area contributed by atoms with E-state index in [1.54, 1.807) is 0 Å². The van der Waals surface area contributed by atoms with Crippen LogP contribution in [-0.4, -0.2) is 22.6 Å². The topological polar surface area (TPSA) is 29.9 Å². The van der Waals surface area contributed by atoms with Crippen molar-refractivity contribution in [1.29, 1.82) is 0 Å². The summed E-state index contributed by atoms with van der Waals surface area (Å²) in [6, 6.07) is 8.30. The van der Waals surface area contributed by atoms with Gasteiger partial charge in [-0.25, -0.2) is 4.98 Å². The van der Waals surface area contributed by atoms with Gasteiger partial charge in [0.25, 0.3) is 0 Å². The fraction of sp³-hybridized carbons (Fsp3) is 0.438. The highest BCUT2D eigenvalue weighted by atomic mass is 15.1. The lowest BCUT2D eigenvalue weighted by Crippen LogP contribution is -2.13. The number of benzene rings is 1. The van der Waals surface area contributed by atoms with E-state index in [4.69, 9.17) is 4.98 Å². The summed E-state index contributed by atoms with van der Waals surface area (Å²) in [5.41, 5.74) is 3.68. The van der Waals surface area contributed by atoms with E-state index in [9.17, 15) is 0 Å². The van der Waals surface area contributed by atoms with Crippen LogP contribution in [0.3, 0.4) is 0 Å². The first-order chi connectivity index (χ1) is 9.22. The van der Waals surface area contributed by atoms with Crippen LogP contribution in [-0.2, 0) is 13.5 Å². The van der Waals surface area contributed by atoms with Gasteiger partial charge in [0.05, 0.1) is 11.0 Å². The molecule has 0 radical (unpaired) electrons. The zero-order valence-electron chi connectivity index (χ0n) is 12.1. The molecule has 1 aromatic carbocycles. The molecule has 3 heteroatoms. The van der Waals surface area contributed by atoms with Gasteiger partial charge in [-0.2, -0.15) is 0 Å². The average Bonchev–Trinajstić information content (AvgIpc) is 2.72. The van der Waals surface area contributed by atoms with Crippen LogP contribution in [0.4, 0.5) is 0 Å². The molecule has 0 aliphatic heterocycles. The van der Waals surface area contributed by atoms with Crippen molar-refractivity contribution in [2.24, 2.45) is 7.05 Å². The molecule has 2 rings (SSSR count). The molecule has 1 aromatic heterocycles. The van der Waals surface area contributed by atoms with E-state index in [1.807, 2.05) is 6.07 Å². The van der Waals surface area contributed by atoms with Crippen LogP contribution >= 0.6 is 0 Å². The zero-order chi connectivity index (χ0) is 13.7. The molecule has 0 unspecified atom stereocenters. The van der Waals surface area contributed by atoms with Crippen LogP contribution < -0.4 is 5.32 Å². The van der Waals surface area contributed by atoms with Crippen molar-refractivity contribution >= 4 is 11.0 Å². The predicted molar refractivity (Wildman–Crippen MR) is 81.3 cm³/mol. The summed E-state index contributed by atoms with van der Waals surface area (Å²) < 4.78 is 2.19. The van der Waals surface area contributed by atoms with Gasteiger partial charge >= 0.3 is 0 Å². The van der Waals surface area contributed by atoms with Crippen molar-refractivity contribution in [2.75, 3.05) is 13.1 Å². The summed E-state index contributed by atoms with van der Waals surface area (Å²) in [5, 5.41) is 3.33. The number of para-hydroxylation sites is 2. The average molecular weight is 257 g/mol. The number of aryl methyl sites for hydroxylation is 1. The minimum atomic E-state index is 0.928. The van der Waals surface area contributed by atoms with Crippen molar-refractivity contribution in [1.82, 2.24) is 14.9 Å². The van der Waals surface area contributed by atoms with Gasteiger partial charge in [0.1, 0.15) is 5.82 Å². The summed E-state index contributed by atoms with van der Waals surface area (Å²) in [6.45, 7) is 6.41. The molecule has 2 aromatic rings. The van der Waals surface area contributed by atoms with E-state index in [2.05, 4.69) is 55.1 Å². The highest BCUT2D eigenvalue weighted by Crippen LogP contribution is 2.16. The molecule has 0 aliphatic rings. The van der Waals surface area contributed by atoms with Crippen LogP contribution in [0.25, 0.3) is 11.0 Å². The number of allylic oxidation sites excluding steroid dienone is 1. The second-order valence-corrected chi connectivity index (χ2v) is 4.95. The van der Waals surface area contributed by atoms with Crippen molar-refractivity contribution in [2.45, 2.75) is 26.7 Å². The second-order valence-electron chi connectivity index (χ2n) is 4.95. The molecule has 0 fully saturated rings. The monoisotopic (exact) mass is 257 g/mol. The number of nitrogens with zero attached hydrogens (tertiary/aromatic N) is 2. The van der Waals surface area contributed by atoms with E-state index in [-0.39, 0.29) is 0 Å². The Kier molecular flexibility index (Phi) is 4.74. The minimum Gasteiger partial charge on any atom is -0.331 e. The summed E-state index contributed by atoms with van der Waals surface area (Å²) in [6.07, 6.45) is 4.32. The highest BCUT2D eigenvalue weighted by molar-refractivity contribution is 5.75. The molecule has 0 saturated carbocycles. The van der Waals surface area contributed by atoms with Gasteiger partial charge in [0, 0.05) is 13.5 Å². The first-order valence-corrected chi connectivity index (χ1v) is 6.99. The van der Waals surface area contributed by atoms with Gasteiger partial charge in [-0.05, 0) is 38.6 Å². The van der Waals surface area contributed by atoms with Gasteiger partial charge in [0.2, 0.25) is 0 Å². The van der Waals surface area contributed by atoms with Gasteiger partial charge < -0.3 is 9.88 Å². The molecule has 3 nitrogen and oxygen atoms in total.